The first kappa shape index (κ1) is 19.3. The molecule has 3 aromatic carbocycles. The summed E-state index contributed by atoms with van der Waals surface area (Å²) < 4.78 is 23.3. The molecule has 6 rings (SSSR count). The number of rotatable bonds is 2. The molecule has 2 aliphatic rings. The average Bonchev–Trinajstić information content (AvgIpc) is 3.27. The van der Waals surface area contributed by atoms with Crippen LogP contribution < -0.4 is 10.1 Å². The summed E-state index contributed by atoms with van der Waals surface area (Å²) in [6.45, 7) is 0. The Hall–Kier alpha value is -3.35. The highest BCUT2D eigenvalue weighted by Crippen LogP contribution is 2.52. The van der Waals surface area contributed by atoms with E-state index in [-0.39, 0.29) is 5.82 Å². The number of nitrogens with zero attached hydrogens (tertiary/aromatic N) is 3. The van der Waals surface area contributed by atoms with Crippen molar-refractivity contribution in [3.8, 4) is 5.75 Å². The van der Waals surface area contributed by atoms with Crippen molar-refractivity contribution in [3.63, 3.8) is 0 Å². The third-order valence-corrected chi connectivity index (χ3v) is 6.34. The first-order valence-corrected chi connectivity index (χ1v) is 10.7. The van der Waals surface area contributed by atoms with Crippen LogP contribution in [0.5, 0.6) is 5.75 Å². The van der Waals surface area contributed by atoms with E-state index in [1.165, 1.54) is 12.4 Å². The van der Waals surface area contributed by atoms with E-state index in [0.29, 0.717) is 27.3 Å². The summed E-state index contributed by atoms with van der Waals surface area (Å²) in [6, 6.07) is 19.0. The lowest BCUT2D eigenvalue weighted by atomic mass is 9.84. The van der Waals surface area contributed by atoms with Crippen LogP contribution in [0.15, 0.2) is 78.6 Å². The van der Waals surface area contributed by atoms with Crippen molar-refractivity contribution in [1.82, 2.24) is 14.8 Å². The van der Waals surface area contributed by atoms with Crippen LogP contribution in [-0.4, -0.2) is 14.8 Å². The van der Waals surface area contributed by atoms with Crippen molar-refractivity contribution in [2.24, 2.45) is 0 Å². The molecule has 1 aromatic heterocycles. The fraction of sp³-hybridized carbons (Fsp3) is 0.0833. The molecule has 8 heteroatoms. The van der Waals surface area contributed by atoms with Gasteiger partial charge in [-0.25, -0.2) is 9.07 Å². The molecule has 0 unspecified atom stereocenters. The van der Waals surface area contributed by atoms with Crippen LogP contribution in [0.1, 0.15) is 28.8 Å². The molecule has 2 aliphatic heterocycles. The van der Waals surface area contributed by atoms with Crippen LogP contribution >= 0.6 is 23.2 Å². The van der Waals surface area contributed by atoms with Gasteiger partial charge in [-0.1, -0.05) is 59.6 Å². The van der Waals surface area contributed by atoms with Gasteiger partial charge in [0.05, 0.1) is 5.70 Å². The Bertz CT molecular complexity index is 1400. The van der Waals surface area contributed by atoms with Crippen molar-refractivity contribution in [2.45, 2.75) is 12.1 Å². The lowest BCUT2D eigenvalue weighted by Crippen LogP contribution is -2.33. The number of anilines is 1. The molecular formula is C24H15Cl2FN4O. The summed E-state index contributed by atoms with van der Waals surface area (Å²) >= 11 is 12.9. The third-order valence-electron chi connectivity index (χ3n) is 5.76. The number of benzene rings is 3. The number of halogens is 3. The maximum atomic E-state index is 15.1. The van der Waals surface area contributed by atoms with E-state index in [1.807, 2.05) is 36.4 Å². The fourth-order valence-corrected chi connectivity index (χ4v) is 4.79. The standard InChI is InChI=1S/C24H15Cl2FN4O/c25-13-9-10-19-16(11-13)21-20(23(32-19)14-5-1-3-7-17(14)26)22(15-6-2-4-8-18(15)27)31-24(30-21)28-12-29-31/h1-12,22-23H,(H,28,29,30)/t22-,23-/m0/s1. The van der Waals surface area contributed by atoms with Crippen LogP contribution in [0.25, 0.3) is 5.70 Å². The van der Waals surface area contributed by atoms with Gasteiger partial charge in [0.15, 0.2) is 6.10 Å². The molecule has 158 valence electrons. The van der Waals surface area contributed by atoms with Crippen LogP contribution in [0.4, 0.5) is 10.3 Å². The topological polar surface area (TPSA) is 52.0 Å². The molecule has 0 fully saturated rings. The van der Waals surface area contributed by atoms with Gasteiger partial charge < -0.3 is 10.1 Å². The van der Waals surface area contributed by atoms with Crippen molar-refractivity contribution >= 4 is 34.8 Å². The highest BCUT2D eigenvalue weighted by atomic mass is 35.5. The van der Waals surface area contributed by atoms with E-state index in [1.54, 1.807) is 28.9 Å². The maximum absolute atomic E-state index is 15.1. The summed E-state index contributed by atoms with van der Waals surface area (Å²) in [6.07, 6.45) is 0.862. The molecule has 5 nitrogen and oxygen atoms in total. The van der Waals surface area contributed by atoms with Crippen molar-refractivity contribution in [3.05, 3.63) is 111 Å². The number of aromatic nitrogens is 3. The van der Waals surface area contributed by atoms with E-state index < -0.39 is 12.1 Å². The third kappa shape index (κ3) is 2.91. The second-order valence-electron chi connectivity index (χ2n) is 7.57. The lowest BCUT2D eigenvalue weighted by molar-refractivity contribution is 0.222. The number of fused-ring (bicyclic) bond motifs is 3. The van der Waals surface area contributed by atoms with Crippen LogP contribution in [0, 0.1) is 5.82 Å². The Balaban J connectivity index is 1.68. The average molecular weight is 465 g/mol. The zero-order chi connectivity index (χ0) is 21.8. The Morgan fingerprint density at radius 1 is 0.969 bits per heavy atom. The zero-order valence-electron chi connectivity index (χ0n) is 16.5. The summed E-state index contributed by atoms with van der Waals surface area (Å²) in [4.78, 5) is 4.35. The van der Waals surface area contributed by atoms with Gasteiger partial charge >= 0.3 is 0 Å². The second kappa shape index (κ2) is 7.36. The van der Waals surface area contributed by atoms with Gasteiger partial charge in [-0.15, -0.1) is 0 Å². The molecule has 4 aromatic rings. The molecule has 0 spiro atoms. The van der Waals surface area contributed by atoms with Crippen LogP contribution in [0.3, 0.4) is 0 Å². The lowest BCUT2D eigenvalue weighted by Gasteiger charge is -2.39. The van der Waals surface area contributed by atoms with Gasteiger partial charge in [0.1, 0.15) is 23.9 Å². The molecule has 0 saturated heterocycles. The van der Waals surface area contributed by atoms with E-state index in [0.717, 1.165) is 22.4 Å². The predicted molar refractivity (Wildman–Crippen MR) is 121 cm³/mol. The Morgan fingerprint density at radius 3 is 2.56 bits per heavy atom. The van der Waals surface area contributed by atoms with E-state index >= 15 is 4.39 Å². The smallest absolute Gasteiger partial charge is 0.226 e. The molecule has 0 radical (unpaired) electrons. The second-order valence-corrected chi connectivity index (χ2v) is 8.41. The van der Waals surface area contributed by atoms with Gasteiger partial charge in [0.25, 0.3) is 0 Å². The Kier molecular flexibility index (Phi) is 4.45. The van der Waals surface area contributed by atoms with Crippen molar-refractivity contribution in [2.75, 3.05) is 5.32 Å². The maximum Gasteiger partial charge on any atom is 0.226 e. The molecule has 0 aliphatic carbocycles. The van der Waals surface area contributed by atoms with Crippen LogP contribution in [0.2, 0.25) is 10.0 Å². The number of hydrogen-bond acceptors (Lipinski definition) is 4. The summed E-state index contributed by atoms with van der Waals surface area (Å²) in [5, 5.41) is 8.88. The first-order chi connectivity index (χ1) is 15.6. The molecule has 3 heterocycles. The SMILES string of the molecule is Fc1ccccc1[C@H]1C2=C(Nc3ncnn31)c1cc(Cl)ccc1O[C@H]2c1ccccc1Cl. The van der Waals surface area contributed by atoms with Gasteiger partial charge in [0.2, 0.25) is 5.95 Å². The minimum absolute atomic E-state index is 0.345. The molecule has 2 atom stereocenters. The number of ether oxygens (including phenoxy) is 1. The highest BCUT2D eigenvalue weighted by molar-refractivity contribution is 6.31. The molecule has 32 heavy (non-hydrogen) atoms. The van der Waals surface area contributed by atoms with Crippen molar-refractivity contribution < 1.29 is 9.13 Å². The predicted octanol–water partition coefficient (Wildman–Crippen LogP) is 6.28. The minimum Gasteiger partial charge on any atom is -0.480 e. The molecule has 1 N–H and O–H groups in total. The van der Waals surface area contributed by atoms with E-state index in [9.17, 15) is 0 Å². The van der Waals surface area contributed by atoms with Gasteiger partial charge in [-0.05, 0) is 30.3 Å². The Labute approximate surface area is 193 Å². The normalized spacial score (nSPS) is 18.8. The zero-order valence-corrected chi connectivity index (χ0v) is 18.0. The molecule has 0 saturated carbocycles. The van der Waals surface area contributed by atoms with E-state index in [4.69, 9.17) is 27.9 Å². The Morgan fingerprint density at radius 2 is 1.75 bits per heavy atom. The fourth-order valence-electron chi connectivity index (χ4n) is 4.38. The number of nitrogens with one attached hydrogen (secondary N) is 1. The number of hydrogen-bond donors (Lipinski definition) is 1. The molecular weight excluding hydrogens is 450 g/mol. The summed E-state index contributed by atoms with van der Waals surface area (Å²) in [5.41, 5.74) is 3.53. The monoisotopic (exact) mass is 464 g/mol. The van der Waals surface area contributed by atoms with Gasteiger partial charge in [-0.3, -0.25) is 0 Å². The van der Waals surface area contributed by atoms with Crippen LogP contribution in [-0.2, 0) is 0 Å². The molecule has 0 amide bonds. The quantitative estimate of drug-likeness (QED) is 0.379. The first-order valence-electron chi connectivity index (χ1n) is 9.98. The largest absolute Gasteiger partial charge is 0.480 e. The molecule has 0 bridgehead atoms. The van der Waals surface area contributed by atoms with Gasteiger partial charge in [-0.2, -0.15) is 10.1 Å². The highest BCUT2D eigenvalue weighted by Gasteiger charge is 2.42. The van der Waals surface area contributed by atoms with Crippen molar-refractivity contribution in [1.29, 1.82) is 0 Å². The van der Waals surface area contributed by atoms with E-state index in [2.05, 4.69) is 15.4 Å². The minimum atomic E-state index is -0.599. The van der Waals surface area contributed by atoms with Gasteiger partial charge in [0, 0.05) is 32.3 Å². The summed E-state index contributed by atoms with van der Waals surface area (Å²) in [5.74, 6) is 0.802. The summed E-state index contributed by atoms with van der Waals surface area (Å²) in [7, 11) is 0.